The molecule has 1 fully saturated rings. The first kappa shape index (κ1) is 23.7. The summed E-state index contributed by atoms with van der Waals surface area (Å²) in [6, 6.07) is 20.0. The van der Waals surface area contributed by atoms with E-state index in [0.717, 1.165) is 50.4 Å². The Morgan fingerprint density at radius 3 is 2.73 bits per heavy atom. The number of rotatable bonds is 4. The van der Waals surface area contributed by atoms with Crippen LogP contribution in [0.25, 0.3) is 22.0 Å². The highest BCUT2D eigenvalue weighted by atomic mass is 16.2. The Balaban J connectivity index is 1.17. The SMILES string of the molecule is CC1(C)CCCN(Cc2ccc(-c3cnc4c(c3)C(c3ccc5[nH]ccc5c3)CN4)cc2)CCNC1=O. The van der Waals surface area contributed by atoms with Gasteiger partial charge >= 0.3 is 0 Å². The topological polar surface area (TPSA) is 73.1 Å². The first-order valence-corrected chi connectivity index (χ1v) is 13.4. The van der Waals surface area contributed by atoms with Crippen LogP contribution in [0.4, 0.5) is 5.82 Å². The highest BCUT2D eigenvalue weighted by Gasteiger charge is 2.28. The molecule has 1 atom stereocenters. The lowest BCUT2D eigenvalue weighted by molar-refractivity contribution is -0.129. The van der Waals surface area contributed by atoms with Crippen molar-refractivity contribution >= 4 is 22.6 Å². The molecule has 1 amide bonds. The number of fused-ring (bicyclic) bond motifs is 2. The van der Waals surface area contributed by atoms with Crippen molar-refractivity contribution in [2.24, 2.45) is 5.41 Å². The lowest BCUT2D eigenvalue weighted by Gasteiger charge is -2.22. The van der Waals surface area contributed by atoms with Crippen molar-refractivity contribution in [1.29, 1.82) is 0 Å². The fourth-order valence-corrected chi connectivity index (χ4v) is 5.70. The van der Waals surface area contributed by atoms with Crippen LogP contribution in [0, 0.1) is 5.41 Å². The zero-order valence-corrected chi connectivity index (χ0v) is 21.7. The van der Waals surface area contributed by atoms with E-state index in [1.54, 1.807) is 0 Å². The number of hydrogen-bond donors (Lipinski definition) is 3. The Bertz CT molecular complexity index is 1420. The standard InChI is InChI=1S/C31H35N5O/c1-31(2)11-3-14-36(15-13-33-30(31)37)20-21-4-6-22(7-5-21)25-17-26-27(19-35-29(26)34-18-25)23-8-9-28-24(16-23)10-12-32-28/h4-10,12,16-18,27,32H,3,11,13-15,19-20H2,1-2H3,(H,33,37)(H,34,35). The van der Waals surface area contributed by atoms with Gasteiger partial charge in [0.25, 0.3) is 0 Å². The van der Waals surface area contributed by atoms with Crippen molar-refractivity contribution in [1.82, 2.24) is 20.2 Å². The molecule has 4 heterocycles. The summed E-state index contributed by atoms with van der Waals surface area (Å²) in [6.45, 7) is 8.44. The van der Waals surface area contributed by atoms with Crippen LogP contribution in [0.15, 0.2) is 67.0 Å². The molecule has 0 aliphatic carbocycles. The number of H-pyrrole nitrogens is 1. The summed E-state index contributed by atoms with van der Waals surface area (Å²) >= 11 is 0. The molecule has 0 spiro atoms. The average Bonchev–Trinajstić information content (AvgIpc) is 3.55. The smallest absolute Gasteiger partial charge is 0.225 e. The van der Waals surface area contributed by atoms with E-state index in [1.807, 2.05) is 26.2 Å². The van der Waals surface area contributed by atoms with E-state index in [-0.39, 0.29) is 11.3 Å². The summed E-state index contributed by atoms with van der Waals surface area (Å²) in [7, 11) is 0. The summed E-state index contributed by atoms with van der Waals surface area (Å²) in [5.74, 6) is 1.45. The third-order valence-corrected chi connectivity index (χ3v) is 8.04. The van der Waals surface area contributed by atoms with Crippen LogP contribution in [-0.4, -0.2) is 47.0 Å². The highest BCUT2D eigenvalue weighted by Crippen LogP contribution is 2.38. The summed E-state index contributed by atoms with van der Waals surface area (Å²) in [6.07, 6.45) is 5.91. The predicted octanol–water partition coefficient (Wildman–Crippen LogP) is 5.53. The number of pyridine rings is 1. The highest BCUT2D eigenvalue weighted by molar-refractivity contribution is 5.82. The second-order valence-electron chi connectivity index (χ2n) is 11.1. The molecule has 2 aliphatic heterocycles. The summed E-state index contributed by atoms with van der Waals surface area (Å²) in [5, 5.41) is 7.85. The number of carbonyl (C=O) groups is 1. The minimum Gasteiger partial charge on any atom is -0.369 e. The Morgan fingerprint density at radius 1 is 1.00 bits per heavy atom. The number of nitrogens with one attached hydrogen (secondary N) is 3. The van der Waals surface area contributed by atoms with Crippen molar-refractivity contribution in [2.45, 2.75) is 39.2 Å². The number of carbonyl (C=O) groups excluding carboxylic acids is 1. The molecule has 4 aromatic rings. The van der Waals surface area contributed by atoms with Crippen molar-refractivity contribution in [3.8, 4) is 11.1 Å². The summed E-state index contributed by atoms with van der Waals surface area (Å²) < 4.78 is 0. The van der Waals surface area contributed by atoms with Crippen LogP contribution in [-0.2, 0) is 11.3 Å². The molecule has 37 heavy (non-hydrogen) atoms. The average molecular weight is 494 g/mol. The lowest BCUT2D eigenvalue weighted by Crippen LogP contribution is -2.39. The van der Waals surface area contributed by atoms with Crippen LogP contribution in [0.2, 0.25) is 0 Å². The van der Waals surface area contributed by atoms with Crippen LogP contribution >= 0.6 is 0 Å². The molecule has 2 aliphatic rings. The van der Waals surface area contributed by atoms with Gasteiger partial charge in [0.05, 0.1) is 0 Å². The third kappa shape index (κ3) is 4.86. The van der Waals surface area contributed by atoms with Gasteiger partial charge in [-0.3, -0.25) is 9.69 Å². The van der Waals surface area contributed by atoms with Crippen LogP contribution < -0.4 is 10.6 Å². The largest absolute Gasteiger partial charge is 0.369 e. The van der Waals surface area contributed by atoms with E-state index >= 15 is 0 Å². The van der Waals surface area contributed by atoms with E-state index in [1.165, 1.54) is 33.2 Å². The molecule has 2 aromatic carbocycles. The van der Waals surface area contributed by atoms with E-state index in [0.29, 0.717) is 12.5 Å². The monoisotopic (exact) mass is 493 g/mol. The predicted molar refractivity (Wildman–Crippen MR) is 150 cm³/mol. The van der Waals surface area contributed by atoms with Gasteiger partial charge in [-0.2, -0.15) is 0 Å². The molecular weight excluding hydrogens is 458 g/mol. The number of anilines is 1. The van der Waals surface area contributed by atoms with Gasteiger partial charge in [0, 0.05) is 66.5 Å². The molecule has 6 nitrogen and oxygen atoms in total. The number of amides is 1. The van der Waals surface area contributed by atoms with Crippen LogP contribution in [0.1, 0.15) is 49.3 Å². The molecule has 2 aromatic heterocycles. The Labute approximate surface area is 218 Å². The van der Waals surface area contributed by atoms with Gasteiger partial charge in [0.2, 0.25) is 5.91 Å². The van der Waals surface area contributed by atoms with E-state index < -0.39 is 0 Å². The molecule has 6 heteroatoms. The Hall–Kier alpha value is -3.64. The molecule has 6 rings (SSSR count). The minimum atomic E-state index is -0.287. The van der Waals surface area contributed by atoms with Crippen molar-refractivity contribution in [2.75, 3.05) is 31.5 Å². The van der Waals surface area contributed by atoms with Gasteiger partial charge in [-0.15, -0.1) is 0 Å². The van der Waals surface area contributed by atoms with E-state index in [9.17, 15) is 4.79 Å². The molecule has 0 bridgehead atoms. The first-order valence-electron chi connectivity index (χ1n) is 13.4. The molecule has 1 unspecified atom stereocenters. The maximum atomic E-state index is 12.4. The second kappa shape index (κ2) is 9.67. The zero-order valence-electron chi connectivity index (χ0n) is 21.7. The van der Waals surface area contributed by atoms with Gasteiger partial charge in [-0.1, -0.05) is 44.2 Å². The van der Waals surface area contributed by atoms with Gasteiger partial charge in [0.15, 0.2) is 0 Å². The van der Waals surface area contributed by atoms with Gasteiger partial charge in [0.1, 0.15) is 5.82 Å². The molecule has 0 radical (unpaired) electrons. The number of aromatic nitrogens is 2. The molecular formula is C31H35N5O. The first-order chi connectivity index (χ1) is 18.0. The van der Waals surface area contributed by atoms with Gasteiger partial charge in [-0.25, -0.2) is 4.98 Å². The third-order valence-electron chi connectivity index (χ3n) is 8.04. The number of aromatic amines is 1. The van der Waals surface area contributed by atoms with E-state index in [2.05, 4.69) is 75.1 Å². The molecule has 3 N–H and O–H groups in total. The zero-order chi connectivity index (χ0) is 25.4. The Morgan fingerprint density at radius 2 is 1.86 bits per heavy atom. The summed E-state index contributed by atoms with van der Waals surface area (Å²) in [5.41, 5.74) is 7.09. The van der Waals surface area contributed by atoms with E-state index in [4.69, 9.17) is 4.98 Å². The normalized spacial score (nSPS) is 19.9. The van der Waals surface area contributed by atoms with Crippen molar-refractivity contribution in [3.63, 3.8) is 0 Å². The van der Waals surface area contributed by atoms with Crippen LogP contribution in [0.5, 0.6) is 0 Å². The maximum Gasteiger partial charge on any atom is 0.225 e. The quantitative estimate of drug-likeness (QED) is 0.350. The maximum absolute atomic E-state index is 12.4. The Kier molecular flexibility index (Phi) is 6.21. The molecule has 0 saturated carbocycles. The molecule has 190 valence electrons. The fraction of sp³-hybridized carbons (Fsp3) is 0.355. The van der Waals surface area contributed by atoms with Crippen molar-refractivity contribution < 1.29 is 4.79 Å². The van der Waals surface area contributed by atoms with Crippen molar-refractivity contribution in [3.05, 3.63) is 83.7 Å². The number of benzene rings is 2. The second-order valence-corrected chi connectivity index (χ2v) is 11.1. The van der Waals surface area contributed by atoms with Crippen LogP contribution in [0.3, 0.4) is 0 Å². The summed E-state index contributed by atoms with van der Waals surface area (Å²) in [4.78, 5) is 22.8. The van der Waals surface area contributed by atoms with Gasteiger partial charge < -0.3 is 15.6 Å². The van der Waals surface area contributed by atoms with Gasteiger partial charge in [-0.05, 0) is 65.7 Å². The fourth-order valence-electron chi connectivity index (χ4n) is 5.70. The number of hydrogen-bond acceptors (Lipinski definition) is 4. The number of nitrogens with zero attached hydrogens (tertiary/aromatic N) is 2. The lowest BCUT2D eigenvalue weighted by atomic mass is 9.87. The molecule has 1 saturated heterocycles. The minimum absolute atomic E-state index is 0.170.